The molecule has 1 saturated heterocycles. The number of amides is 3. The van der Waals surface area contributed by atoms with Crippen LogP contribution in [0.2, 0.25) is 0 Å². The van der Waals surface area contributed by atoms with E-state index in [0.29, 0.717) is 37.3 Å². The van der Waals surface area contributed by atoms with Crippen molar-refractivity contribution in [2.75, 3.05) is 13.7 Å². The van der Waals surface area contributed by atoms with Crippen LogP contribution in [0.15, 0.2) is 24.3 Å². The number of hydrogen-bond acceptors (Lipinski definition) is 5. The van der Waals surface area contributed by atoms with Crippen LogP contribution >= 0.6 is 0 Å². The SMILES string of the molecule is COc1cccc2[nH]c(C(=O)NC3(C(=O)NC(C#N)CC4CCNC4=O)CC4(CCCCC4)C3)cc12. The molecule has 2 saturated carbocycles. The van der Waals surface area contributed by atoms with Gasteiger partial charge in [0.15, 0.2) is 0 Å². The Morgan fingerprint density at radius 1 is 1.25 bits per heavy atom. The van der Waals surface area contributed by atoms with E-state index >= 15 is 0 Å². The Morgan fingerprint density at radius 3 is 2.69 bits per heavy atom. The van der Waals surface area contributed by atoms with Gasteiger partial charge >= 0.3 is 0 Å². The second-order valence-electron chi connectivity index (χ2n) is 10.7. The molecule has 1 spiro atoms. The third-order valence-electron chi connectivity index (χ3n) is 8.29. The molecule has 2 aromatic rings. The highest BCUT2D eigenvalue weighted by molar-refractivity contribution is 6.03. The zero-order chi connectivity index (χ0) is 25.3. The highest BCUT2D eigenvalue weighted by Gasteiger charge is 2.59. The highest BCUT2D eigenvalue weighted by Crippen LogP contribution is 2.57. The first-order valence-electron chi connectivity index (χ1n) is 12.8. The van der Waals surface area contributed by atoms with Crippen molar-refractivity contribution in [1.29, 1.82) is 5.26 Å². The molecule has 1 aromatic heterocycles. The van der Waals surface area contributed by atoms with E-state index in [1.165, 1.54) is 6.42 Å². The molecule has 0 radical (unpaired) electrons. The molecule has 1 aromatic carbocycles. The minimum Gasteiger partial charge on any atom is -0.496 e. The van der Waals surface area contributed by atoms with Crippen molar-refractivity contribution in [2.45, 2.75) is 69.4 Å². The van der Waals surface area contributed by atoms with E-state index < -0.39 is 11.6 Å². The molecule has 3 amide bonds. The fourth-order valence-electron chi connectivity index (χ4n) is 6.50. The van der Waals surface area contributed by atoms with Crippen molar-refractivity contribution in [3.05, 3.63) is 30.0 Å². The topological polar surface area (TPSA) is 136 Å². The average Bonchev–Trinajstić information content (AvgIpc) is 3.49. The lowest BCUT2D eigenvalue weighted by molar-refractivity contribution is -0.140. The highest BCUT2D eigenvalue weighted by atomic mass is 16.5. The predicted octanol–water partition coefficient (Wildman–Crippen LogP) is 2.92. The van der Waals surface area contributed by atoms with Crippen molar-refractivity contribution in [3.63, 3.8) is 0 Å². The molecular formula is C27H33N5O4. The van der Waals surface area contributed by atoms with Gasteiger partial charge in [-0.15, -0.1) is 0 Å². The largest absolute Gasteiger partial charge is 0.496 e. The minimum absolute atomic E-state index is 0.0556. The standard InChI is InChI=1S/C27H33N5O4/c1-36-22-7-5-6-20-19(22)13-21(31-20)24(34)32-27(15-26(16-27)9-3-2-4-10-26)25(35)30-18(14-28)12-17-8-11-29-23(17)33/h5-7,13,17-18,31H,2-4,8-12,15-16H2,1H3,(H,29,33)(H,30,35)(H,32,34). The summed E-state index contributed by atoms with van der Waals surface area (Å²) in [4.78, 5) is 42.2. The molecule has 3 fully saturated rings. The fourth-order valence-corrected chi connectivity index (χ4v) is 6.50. The quantitative estimate of drug-likeness (QED) is 0.472. The molecule has 9 heteroatoms. The Morgan fingerprint density at radius 2 is 2.03 bits per heavy atom. The molecule has 1 aliphatic heterocycles. The number of carbonyl (C=O) groups is 3. The van der Waals surface area contributed by atoms with Crippen LogP contribution in [0.5, 0.6) is 5.75 Å². The number of H-pyrrole nitrogens is 1. The first kappa shape index (κ1) is 24.2. The molecule has 3 aliphatic rings. The summed E-state index contributed by atoms with van der Waals surface area (Å²) < 4.78 is 5.41. The normalized spacial score (nSPS) is 22.8. The number of nitrogens with one attached hydrogen (secondary N) is 4. The van der Waals surface area contributed by atoms with Crippen LogP contribution in [-0.4, -0.2) is 47.9 Å². The van der Waals surface area contributed by atoms with Crippen LogP contribution in [0.4, 0.5) is 0 Å². The van der Waals surface area contributed by atoms with Crippen molar-refractivity contribution >= 4 is 28.6 Å². The van der Waals surface area contributed by atoms with Gasteiger partial charge in [-0.3, -0.25) is 14.4 Å². The van der Waals surface area contributed by atoms with Gasteiger partial charge in [0.25, 0.3) is 5.91 Å². The number of carbonyl (C=O) groups excluding carboxylic acids is 3. The van der Waals surface area contributed by atoms with E-state index in [-0.39, 0.29) is 35.5 Å². The first-order chi connectivity index (χ1) is 17.4. The molecule has 0 bridgehead atoms. The molecule has 2 atom stereocenters. The van der Waals surface area contributed by atoms with Crippen LogP contribution < -0.4 is 20.7 Å². The lowest BCUT2D eigenvalue weighted by Gasteiger charge is -2.57. The van der Waals surface area contributed by atoms with E-state index in [9.17, 15) is 19.6 Å². The van der Waals surface area contributed by atoms with Gasteiger partial charge in [-0.25, -0.2) is 0 Å². The monoisotopic (exact) mass is 491 g/mol. The summed E-state index contributed by atoms with van der Waals surface area (Å²) in [7, 11) is 1.58. The van der Waals surface area contributed by atoms with Crippen molar-refractivity contribution in [2.24, 2.45) is 11.3 Å². The van der Waals surface area contributed by atoms with Crippen molar-refractivity contribution in [3.8, 4) is 11.8 Å². The molecule has 2 unspecified atom stereocenters. The Bertz CT molecular complexity index is 1210. The second-order valence-corrected chi connectivity index (χ2v) is 10.7. The number of benzene rings is 1. The molecular weight excluding hydrogens is 458 g/mol. The number of nitrogens with zero attached hydrogens (tertiary/aromatic N) is 1. The summed E-state index contributed by atoms with van der Waals surface area (Å²) in [6, 6.07) is 8.64. The lowest BCUT2D eigenvalue weighted by atomic mass is 9.51. The summed E-state index contributed by atoms with van der Waals surface area (Å²) in [5, 5.41) is 19.2. The molecule has 2 heterocycles. The van der Waals surface area contributed by atoms with Crippen LogP contribution in [0, 0.1) is 22.7 Å². The number of aromatic nitrogens is 1. The molecule has 190 valence electrons. The maximum atomic E-state index is 13.6. The number of fused-ring (bicyclic) bond motifs is 1. The third kappa shape index (κ3) is 4.41. The number of rotatable bonds is 7. The Labute approximate surface area is 210 Å². The summed E-state index contributed by atoms with van der Waals surface area (Å²) >= 11 is 0. The second kappa shape index (κ2) is 9.49. The van der Waals surface area contributed by atoms with Gasteiger partial charge in [0.2, 0.25) is 11.8 Å². The number of ether oxygens (including phenoxy) is 1. The van der Waals surface area contributed by atoms with Gasteiger partial charge in [0.1, 0.15) is 23.0 Å². The lowest BCUT2D eigenvalue weighted by Crippen LogP contribution is -2.70. The van der Waals surface area contributed by atoms with E-state index in [0.717, 1.165) is 36.6 Å². The molecule has 4 N–H and O–H groups in total. The van der Waals surface area contributed by atoms with Crippen LogP contribution in [0.25, 0.3) is 10.9 Å². The summed E-state index contributed by atoms with van der Waals surface area (Å²) in [5.41, 5.74) is 0.100. The minimum atomic E-state index is -1.08. The van der Waals surface area contributed by atoms with E-state index in [1.54, 1.807) is 13.2 Å². The Hall–Kier alpha value is -3.54. The average molecular weight is 492 g/mol. The smallest absolute Gasteiger partial charge is 0.268 e. The molecule has 5 rings (SSSR count). The number of hydrogen-bond donors (Lipinski definition) is 4. The first-order valence-corrected chi connectivity index (χ1v) is 12.8. The van der Waals surface area contributed by atoms with Gasteiger partial charge in [-0.2, -0.15) is 5.26 Å². The van der Waals surface area contributed by atoms with Gasteiger partial charge in [-0.05, 0) is 62.1 Å². The van der Waals surface area contributed by atoms with E-state index in [1.807, 2.05) is 18.2 Å². The van der Waals surface area contributed by atoms with Crippen molar-refractivity contribution < 1.29 is 19.1 Å². The van der Waals surface area contributed by atoms with Gasteiger partial charge < -0.3 is 25.7 Å². The Balaban J connectivity index is 1.35. The Kier molecular flexibility index (Phi) is 6.37. The summed E-state index contributed by atoms with van der Waals surface area (Å²) in [6.45, 7) is 0.591. The van der Waals surface area contributed by atoms with Crippen LogP contribution in [0.1, 0.15) is 68.3 Å². The van der Waals surface area contributed by atoms with Crippen molar-refractivity contribution in [1.82, 2.24) is 20.9 Å². The summed E-state index contributed by atoms with van der Waals surface area (Å²) in [6.07, 6.45) is 7.59. The molecule has 9 nitrogen and oxygen atoms in total. The molecule has 2 aliphatic carbocycles. The van der Waals surface area contributed by atoms with Gasteiger partial charge in [0.05, 0.1) is 13.2 Å². The maximum Gasteiger partial charge on any atom is 0.268 e. The molecule has 36 heavy (non-hydrogen) atoms. The van der Waals surface area contributed by atoms with Gasteiger partial charge in [0, 0.05) is 23.4 Å². The number of methoxy groups -OCH3 is 1. The fraction of sp³-hybridized carbons (Fsp3) is 0.556. The predicted molar refractivity (Wildman–Crippen MR) is 133 cm³/mol. The van der Waals surface area contributed by atoms with Crippen LogP contribution in [-0.2, 0) is 9.59 Å². The van der Waals surface area contributed by atoms with Gasteiger partial charge in [-0.1, -0.05) is 25.3 Å². The van der Waals surface area contributed by atoms with E-state index in [4.69, 9.17) is 4.74 Å². The third-order valence-corrected chi connectivity index (χ3v) is 8.29. The van der Waals surface area contributed by atoms with E-state index in [2.05, 4.69) is 27.0 Å². The number of nitriles is 1. The maximum absolute atomic E-state index is 13.6. The zero-order valence-corrected chi connectivity index (χ0v) is 20.6. The number of aromatic amines is 1. The van der Waals surface area contributed by atoms with Crippen LogP contribution in [0.3, 0.4) is 0 Å². The zero-order valence-electron chi connectivity index (χ0n) is 20.6. The summed E-state index contributed by atoms with van der Waals surface area (Å²) in [5.74, 6) is -0.407.